The number of benzene rings is 1. The van der Waals surface area contributed by atoms with E-state index in [1.54, 1.807) is 17.8 Å². The lowest BCUT2D eigenvalue weighted by atomic mass is 9.95. The van der Waals surface area contributed by atoms with E-state index in [-0.39, 0.29) is 48.9 Å². The molecule has 3 saturated heterocycles. The molecule has 0 spiro atoms. The van der Waals surface area contributed by atoms with Crippen molar-refractivity contribution in [1.82, 2.24) is 29.7 Å². The van der Waals surface area contributed by atoms with Gasteiger partial charge in [0, 0.05) is 31.4 Å². The normalized spacial score (nSPS) is 19.8. The Hall–Kier alpha value is -4.28. The molecule has 6 heterocycles. The summed E-state index contributed by atoms with van der Waals surface area (Å²) in [5.74, 6) is -2.13. The summed E-state index contributed by atoms with van der Waals surface area (Å²) < 4.78 is 37.5. The fraction of sp³-hybridized carbons (Fsp3) is 0.419. The van der Waals surface area contributed by atoms with Crippen LogP contribution in [0.4, 0.5) is 14.6 Å². The molecule has 10 nitrogen and oxygen atoms in total. The molecule has 7 rings (SSSR count). The molecule has 0 radical (unpaired) electrons. The molecule has 0 bridgehead atoms. The zero-order valence-electron chi connectivity index (χ0n) is 24.0. The molecule has 4 aromatic rings. The molecule has 3 aliphatic rings. The number of ether oxygens (including phenoxy) is 1. The number of pyridine rings is 1. The molecule has 0 aliphatic carbocycles. The number of halogens is 2. The number of nitrogens with zero attached hydrogens (tertiary/aromatic N) is 8. The molecule has 13 heteroatoms. The fourth-order valence-electron chi connectivity index (χ4n) is 6.98. The van der Waals surface area contributed by atoms with Crippen LogP contribution in [0.3, 0.4) is 0 Å². The number of para-hydroxylation sites is 1. The van der Waals surface area contributed by atoms with Crippen molar-refractivity contribution in [3.8, 4) is 17.3 Å². The molecule has 3 fully saturated rings. The quantitative estimate of drug-likeness (QED) is 0.215. The number of thiazole rings is 1. The van der Waals surface area contributed by atoms with E-state index in [4.69, 9.17) is 16.3 Å². The predicted octanol–water partition coefficient (Wildman–Crippen LogP) is 4.87. The van der Waals surface area contributed by atoms with Gasteiger partial charge in [-0.25, -0.2) is 20.3 Å². The molecular formula is C31H30F2N8O2S. The topological polar surface area (TPSA) is 91.9 Å². The van der Waals surface area contributed by atoms with Crippen molar-refractivity contribution in [2.45, 2.75) is 37.3 Å². The third kappa shape index (κ3) is 4.82. The number of aromatic nitrogens is 4. The Morgan fingerprint density at radius 1 is 1.16 bits per heavy atom. The Labute approximate surface area is 256 Å². The number of fused-ring (bicyclic) bond motifs is 3. The van der Waals surface area contributed by atoms with Gasteiger partial charge in [-0.15, -0.1) is 11.3 Å². The van der Waals surface area contributed by atoms with Crippen LogP contribution in [0.15, 0.2) is 42.3 Å². The molecule has 1 amide bonds. The fourth-order valence-corrected chi connectivity index (χ4v) is 7.69. The van der Waals surface area contributed by atoms with Gasteiger partial charge in [-0.3, -0.25) is 14.7 Å². The highest BCUT2D eigenvalue weighted by Gasteiger charge is 2.45. The minimum absolute atomic E-state index is 0.0331. The third-order valence-electron chi connectivity index (χ3n) is 9.12. The van der Waals surface area contributed by atoms with E-state index >= 15 is 4.39 Å². The summed E-state index contributed by atoms with van der Waals surface area (Å²) in [6, 6.07) is 5.01. The molecule has 1 atom stereocenters. The van der Waals surface area contributed by atoms with Crippen LogP contribution in [0.25, 0.3) is 37.2 Å². The number of hydrogen-bond donors (Lipinski definition) is 0. The lowest BCUT2D eigenvalue weighted by molar-refractivity contribution is -0.131. The van der Waals surface area contributed by atoms with Gasteiger partial charge < -0.3 is 19.4 Å². The molecule has 3 aromatic heterocycles. The maximum atomic E-state index is 16.5. The van der Waals surface area contributed by atoms with Crippen LogP contribution >= 0.6 is 11.3 Å². The van der Waals surface area contributed by atoms with Crippen LogP contribution < -0.4 is 9.64 Å². The Balaban J connectivity index is 1.31. The second kappa shape index (κ2) is 11.3. The first-order chi connectivity index (χ1) is 21.4. The van der Waals surface area contributed by atoms with Crippen molar-refractivity contribution in [2.24, 2.45) is 0 Å². The highest BCUT2D eigenvalue weighted by Crippen LogP contribution is 2.40. The average molecular weight is 617 g/mol. The van der Waals surface area contributed by atoms with E-state index in [0.717, 1.165) is 43.5 Å². The molecule has 0 unspecified atom stereocenters. The summed E-state index contributed by atoms with van der Waals surface area (Å²) in [6.07, 6.45) is 5.83. The van der Waals surface area contributed by atoms with Crippen molar-refractivity contribution < 1.29 is 18.3 Å². The van der Waals surface area contributed by atoms with Gasteiger partial charge in [-0.2, -0.15) is 9.97 Å². The van der Waals surface area contributed by atoms with Gasteiger partial charge in [0.05, 0.1) is 26.7 Å². The zero-order chi connectivity index (χ0) is 30.4. The van der Waals surface area contributed by atoms with Gasteiger partial charge >= 0.3 is 6.01 Å². The average Bonchev–Trinajstić information content (AvgIpc) is 3.76. The molecule has 0 saturated carbocycles. The molecule has 226 valence electrons. The monoisotopic (exact) mass is 616 g/mol. The number of rotatable bonds is 7. The van der Waals surface area contributed by atoms with Crippen LogP contribution in [-0.2, 0) is 4.79 Å². The number of piperazine rings is 1. The van der Waals surface area contributed by atoms with Crippen LogP contribution in [0.1, 0.15) is 25.7 Å². The Kier molecular flexibility index (Phi) is 7.34. The summed E-state index contributed by atoms with van der Waals surface area (Å²) in [5, 5.41) is 0.377. The number of amides is 1. The highest BCUT2D eigenvalue weighted by atomic mass is 32.1. The summed E-state index contributed by atoms with van der Waals surface area (Å²) >= 11 is 1.47. The molecule has 0 N–H and O–H groups in total. The Morgan fingerprint density at radius 3 is 2.75 bits per heavy atom. The van der Waals surface area contributed by atoms with E-state index in [0.29, 0.717) is 28.9 Å². The Morgan fingerprint density at radius 2 is 1.98 bits per heavy atom. The van der Waals surface area contributed by atoms with Crippen LogP contribution in [0.2, 0.25) is 0 Å². The zero-order valence-corrected chi connectivity index (χ0v) is 24.8. The minimum atomic E-state index is -1.07. The molecule has 3 aliphatic heterocycles. The number of carbonyl (C=O) groups is 1. The van der Waals surface area contributed by atoms with Gasteiger partial charge in [-0.05, 0) is 44.8 Å². The van der Waals surface area contributed by atoms with Gasteiger partial charge in [0.25, 0.3) is 5.91 Å². The standard InChI is InChI=1S/C31H30F2N8O2S/c1-19(32)29(42)41-13-12-39(16-20(41)14-34-2)28-22-15-35-26(21-6-3-7-23-25(21)36-18-44-23)24(33)27(22)37-30(38-28)43-17-31-8-4-10-40(31)11-5-9-31/h3,6-7,15,18,20H,1,4-5,8-14,16-17H2/t20-/m0/s1. The summed E-state index contributed by atoms with van der Waals surface area (Å²) in [4.78, 5) is 40.0. The summed E-state index contributed by atoms with van der Waals surface area (Å²) in [7, 11) is 0. The molecule has 1 aromatic carbocycles. The third-order valence-corrected chi connectivity index (χ3v) is 9.91. The maximum absolute atomic E-state index is 16.5. The minimum Gasteiger partial charge on any atom is -0.461 e. The Bertz CT molecular complexity index is 1810. The maximum Gasteiger partial charge on any atom is 0.319 e. The van der Waals surface area contributed by atoms with Crippen molar-refractivity contribution >= 4 is 44.2 Å². The smallest absolute Gasteiger partial charge is 0.319 e. The number of anilines is 1. The van der Waals surface area contributed by atoms with E-state index in [1.165, 1.54) is 16.2 Å². The van der Waals surface area contributed by atoms with E-state index in [2.05, 4.69) is 31.3 Å². The summed E-state index contributed by atoms with van der Waals surface area (Å²) in [5.41, 5.74) is 3.06. The molecular weight excluding hydrogens is 586 g/mol. The first kappa shape index (κ1) is 28.5. The van der Waals surface area contributed by atoms with E-state index in [1.807, 2.05) is 17.0 Å². The van der Waals surface area contributed by atoms with Gasteiger partial charge in [0.15, 0.2) is 11.6 Å². The van der Waals surface area contributed by atoms with Gasteiger partial charge in [0.2, 0.25) is 6.54 Å². The van der Waals surface area contributed by atoms with Crippen molar-refractivity contribution in [3.05, 3.63) is 59.5 Å². The lowest BCUT2D eigenvalue weighted by Crippen LogP contribution is -2.56. The van der Waals surface area contributed by atoms with Gasteiger partial charge in [-0.1, -0.05) is 18.7 Å². The second-order valence-corrected chi connectivity index (χ2v) is 12.5. The lowest BCUT2D eigenvalue weighted by Gasteiger charge is -2.39. The second-order valence-electron chi connectivity index (χ2n) is 11.6. The van der Waals surface area contributed by atoms with E-state index in [9.17, 15) is 9.18 Å². The van der Waals surface area contributed by atoms with Crippen molar-refractivity contribution in [2.75, 3.05) is 50.8 Å². The summed E-state index contributed by atoms with van der Waals surface area (Å²) in [6.45, 7) is 13.6. The van der Waals surface area contributed by atoms with E-state index < -0.39 is 23.6 Å². The van der Waals surface area contributed by atoms with Crippen LogP contribution in [0, 0.1) is 12.4 Å². The predicted molar refractivity (Wildman–Crippen MR) is 164 cm³/mol. The highest BCUT2D eigenvalue weighted by molar-refractivity contribution is 7.16. The SMILES string of the molecule is [C-]#[N+]C[C@H]1CN(c2nc(OCC34CCCN3CCC4)nc3c(F)c(-c4cccc5scnc45)ncc23)CCN1C(=O)C(=C)F. The van der Waals surface area contributed by atoms with Crippen molar-refractivity contribution in [1.29, 1.82) is 0 Å². The first-order valence-electron chi connectivity index (χ1n) is 14.7. The van der Waals surface area contributed by atoms with Crippen molar-refractivity contribution in [3.63, 3.8) is 0 Å². The molecule has 44 heavy (non-hydrogen) atoms. The number of hydrogen-bond acceptors (Lipinski definition) is 9. The number of carbonyl (C=O) groups excluding carboxylic acids is 1. The largest absolute Gasteiger partial charge is 0.461 e. The van der Waals surface area contributed by atoms with Gasteiger partial charge in [0.1, 0.15) is 29.7 Å². The van der Waals surface area contributed by atoms with Crippen LogP contribution in [0.5, 0.6) is 6.01 Å². The van der Waals surface area contributed by atoms with Crippen LogP contribution in [-0.4, -0.2) is 93.1 Å². The first-order valence-corrected chi connectivity index (χ1v) is 15.6.